The van der Waals surface area contributed by atoms with Crippen LogP contribution in [0, 0.1) is 19.8 Å². The van der Waals surface area contributed by atoms with Gasteiger partial charge in [0.1, 0.15) is 0 Å². The van der Waals surface area contributed by atoms with Crippen molar-refractivity contribution in [2.24, 2.45) is 5.92 Å². The summed E-state index contributed by atoms with van der Waals surface area (Å²) in [5.74, 6) is 1.03. The summed E-state index contributed by atoms with van der Waals surface area (Å²) in [4.78, 5) is 0. The van der Waals surface area contributed by atoms with Crippen molar-refractivity contribution in [3.8, 4) is 0 Å². The van der Waals surface area contributed by atoms with Crippen LogP contribution in [-0.4, -0.2) is 0 Å². The Labute approximate surface area is 96.1 Å². The largest absolute Gasteiger partial charge is 0.153 e. The molecule has 1 atom stereocenters. The maximum atomic E-state index is 2.42. The van der Waals surface area contributed by atoms with Gasteiger partial charge in [-0.05, 0) is 56.4 Å². The molecule has 2 aliphatic carbocycles. The van der Waals surface area contributed by atoms with E-state index in [0.717, 1.165) is 5.92 Å². The highest BCUT2D eigenvalue weighted by atomic mass is 31.0. The van der Waals surface area contributed by atoms with Crippen LogP contribution in [0.2, 0.25) is 0 Å². The van der Waals surface area contributed by atoms with Gasteiger partial charge >= 0.3 is 0 Å². The van der Waals surface area contributed by atoms with Gasteiger partial charge in [-0.15, -0.1) is 0 Å². The minimum atomic E-state index is 0. The van der Waals surface area contributed by atoms with Gasteiger partial charge in [-0.1, -0.05) is 29.3 Å². The summed E-state index contributed by atoms with van der Waals surface area (Å²) in [6.07, 6.45) is 5.85. The quantitative estimate of drug-likeness (QED) is 0.665. The highest BCUT2D eigenvalue weighted by molar-refractivity contribution is 6.92. The maximum Gasteiger partial charge on any atom is -0.00179 e. The Morgan fingerprint density at radius 3 is 1.93 bits per heavy atom. The molecule has 82 valence electrons. The Balaban J connectivity index is 0.000000853. The molecule has 1 unspecified atom stereocenters. The summed E-state index contributed by atoms with van der Waals surface area (Å²) in [7, 11) is 0. The zero-order chi connectivity index (χ0) is 9.76. The molecule has 0 saturated heterocycles. The van der Waals surface area contributed by atoms with E-state index in [1.807, 2.05) is 0 Å². The second kappa shape index (κ2) is 3.59. The monoisotopic (exact) mass is 220 g/mol. The lowest BCUT2D eigenvalue weighted by atomic mass is 9.89. The smallest absolute Gasteiger partial charge is 0.00179 e. The molecule has 0 amide bonds. The molecule has 0 aromatic heterocycles. The minimum Gasteiger partial charge on any atom is -0.153 e. The zero-order valence-corrected chi connectivity index (χ0v) is 11.3. The molecule has 3 rings (SSSR count). The molecule has 0 heterocycles. The van der Waals surface area contributed by atoms with Gasteiger partial charge in [-0.2, -0.15) is 9.90 Å². The van der Waals surface area contributed by atoms with Crippen molar-refractivity contribution in [1.29, 1.82) is 0 Å². The average molecular weight is 220 g/mol. The molecule has 0 N–H and O–H groups in total. The molecule has 0 radical (unpaired) electrons. The van der Waals surface area contributed by atoms with Gasteiger partial charge in [0.05, 0.1) is 0 Å². The van der Waals surface area contributed by atoms with E-state index < -0.39 is 0 Å². The van der Waals surface area contributed by atoms with Crippen molar-refractivity contribution in [2.45, 2.75) is 44.9 Å². The summed E-state index contributed by atoms with van der Waals surface area (Å²) in [6.45, 7) is 4.44. The van der Waals surface area contributed by atoms with Gasteiger partial charge in [0.25, 0.3) is 0 Å². The highest BCUT2D eigenvalue weighted by Gasteiger charge is 2.54. The van der Waals surface area contributed by atoms with E-state index in [4.69, 9.17) is 0 Å². The molecule has 0 aliphatic heterocycles. The first-order chi connectivity index (χ1) is 6.71. The van der Waals surface area contributed by atoms with Gasteiger partial charge in [-0.25, -0.2) is 0 Å². The number of hydrogen-bond acceptors (Lipinski definition) is 0. The van der Waals surface area contributed by atoms with E-state index in [1.165, 1.54) is 36.8 Å². The third-order valence-electron chi connectivity index (χ3n) is 3.94. The number of aryl methyl sites for hydroxylation is 2. The first-order valence-electron chi connectivity index (χ1n) is 5.79. The average Bonchev–Trinajstić information content (AvgIpc) is 2.98. The van der Waals surface area contributed by atoms with E-state index in [1.54, 1.807) is 5.56 Å². The molecular weight excluding hydrogens is 199 g/mol. The van der Waals surface area contributed by atoms with Crippen LogP contribution in [-0.2, 0) is 5.41 Å². The fourth-order valence-electron chi connectivity index (χ4n) is 2.97. The maximum absolute atomic E-state index is 2.42. The van der Waals surface area contributed by atoms with Crippen LogP contribution >= 0.6 is 9.90 Å². The van der Waals surface area contributed by atoms with E-state index >= 15 is 0 Å². The van der Waals surface area contributed by atoms with Gasteiger partial charge in [-0.3, -0.25) is 0 Å². The van der Waals surface area contributed by atoms with Crippen molar-refractivity contribution in [3.63, 3.8) is 0 Å². The number of rotatable bonds is 2. The van der Waals surface area contributed by atoms with Gasteiger partial charge in [0.15, 0.2) is 0 Å². The lowest BCUT2D eigenvalue weighted by Crippen LogP contribution is -2.09. The standard InChI is InChI=1S/C14H18.H3P/c1-10-7-11(2)9-13(8-10)14(5-6-14)12-3-4-12;/h7-9,12H,3-6H2,1-2H3;1H3. The van der Waals surface area contributed by atoms with Crippen LogP contribution in [0.15, 0.2) is 18.2 Å². The Hall–Kier alpha value is -0.350. The van der Waals surface area contributed by atoms with Crippen LogP contribution in [0.1, 0.15) is 42.4 Å². The highest BCUT2D eigenvalue weighted by Crippen LogP contribution is 2.62. The van der Waals surface area contributed by atoms with E-state index in [2.05, 4.69) is 32.0 Å². The van der Waals surface area contributed by atoms with Crippen LogP contribution < -0.4 is 0 Å². The Kier molecular flexibility index (Phi) is 2.67. The first-order valence-corrected chi connectivity index (χ1v) is 5.79. The van der Waals surface area contributed by atoms with E-state index in [0.29, 0.717) is 5.41 Å². The SMILES string of the molecule is Cc1cc(C)cc(C2(C3CC3)CC2)c1.P. The van der Waals surface area contributed by atoms with Crippen LogP contribution in [0.25, 0.3) is 0 Å². The molecule has 15 heavy (non-hydrogen) atoms. The van der Waals surface area contributed by atoms with Crippen molar-refractivity contribution in [1.82, 2.24) is 0 Å². The predicted octanol–water partition coefficient (Wildman–Crippen LogP) is 3.80. The molecular formula is C14H21P. The summed E-state index contributed by atoms with van der Waals surface area (Å²) in [5.41, 5.74) is 5.15. The topological polar surface area (TPSA) is 0 Å². The molecule has 0 nitrogen and oxygen atoms in total. The van der Waals surface area contributed by atoms with Crippen LogP contribution in [0.3, 0.4) is 0 Å². The van der Waals surface area contributed by atoms with Crippen LogP contribution in [0.4, 0.5) is 0 Å². The molecule has 1 aromatic carbocycles. The van der Waals surface area contributed by atoms with Gasteiger partial charge < -0.3 is 0 Å². The molecule has 0 bridgehead atoms. The number of benzene rings is 1. The zero-order valence-electron chi connectivity index (χ0n) is 9.84. The second-order valence-corrected chi connectivity index (χ2v) is 5.31. The Bertz CT molecular complexity index is 353. The Morgan fingerprint density at radius 1 is 1.00 bits per heavy atom. The van der Waals surface area contributed by atoms with E-state index in [-0.39, 0.29) is 9.90 Å². The Morgan fingerprint density at radius 2 is 1.53 bits per heavy atom. The fraction of sp³-hybridized carbons (Fsp3) is 0.571. The lowest BCUT2D eigenvalue weighted by Gasteiger charge is -2.16. The summed E-state index contributed by atoms with van der Waals surface area (Å²) >= 11 is 0. The second-order valence-electron chi connectivity index (χ2n) is 5.31. The fourth-order valence-corrected chi connectivity index (χ4v) is 2.97. The van der Waals surface area contributed by atoms with Gasteiger partial charge in [0.2, 0.25) is 0 Å². The molecule has 0 spiro atoms. The summed E-state index contributed by atoms with van der Waals surface area (Å²) in [6, 6.07) is 7.11. The van der Waals surface area contributed by atoms with Crippen molar-refractivity contribution >= 4 is 9.90 Å². The normalized spacial score (nSPS) is 22.0. The molecule has 1 aromatic rings. The molecule has 2 fully saturated rings. The predicted molar refractivity (Wildman–Crippen MR) is 70.7 cm³/mol. The molecule has 1 heteroatoms. The molecule has 2 aliphatic rings. The molecule has 2 saturated carbocycles. The number of hydrogen-bond donors (Lipinski definition) is 0. The third-order valence-corrected chi connectivity index (χ3v) is 3.94. The van der Waals surface area contributed by atoms with Crippen LogP contribution in [0.5, 0.6) is 0 Å². The minimum absolute atomic E-state index is 0. The summed E-state index contributed by atoms with van der Waals surface area (Å²) < 4.78 is 0. The van der Waals surface area contributed by atoms with Crippen molar-refractivity contribution in [3.05, 3.63) is 34.9 Å². The lowest BCUT2D eigenvalue weighted by molar-refractivity contribution is 0.596. The van der Waals surface area contributed by atoms with Gasteiger partial charge in [0, 0.05) is 0 Å². The van der Waals surface area contributed by atoms with E-state index in [9.17, 15) is 0 Å². The first kappa shape index (κ1) is 11.1. The van der Waals surface area contributed by atoms with Crippen molar-refractivity contribution < 1.29 is 0 Å². The van der Waals surface area contributed by atoms with Crippen molar-refractivity contribution in [2.75, 3.05) is 0 Å². The third kappa shape index (κ3) is 1.85. The summed E-state index contributed by atoms with van der Waals surface area (Å²) in [5, 5.41) is 0.